The summed E-state index contributed by atoms with van der Waals surface area (Å²) >= 11 is 6.53. The summed E-state index contributed by atoms with van der Waals surface area (Å²) in [4.78, 5) is 4.52. The van der Waals surface area contributed by atoms with Crippen molar-refractivity contribution in [1.82, 2.24) is 4.98 Å². The Labute approximate surface area is 175 Å². The first kappa shape index (κ1) is 18.1. The van der Waals surface area contributed by atoms with E-state index in [1.165, 1.54) is 21.5 Å². The number of fused-ring (bicyclic) bond motifs is 2. The summed E-state index contributed by atoms with van der Waals surface area (Å²) < 4.78 is 0. The molecule has 2 nitrogen and oxygen atoms in total. The largest absolute Gasteiger partial charge is 0.335 e. The molecule has 4 heteroatoms. The maximum Gasteiger partial charge on any atom is 0.130 e. The third-order valence-corrected chi connectivity index (χ3v) is 9.28. The molecule has 0 aliphatic carbocycles. The van der Waals surface area contributed by atoms with Crippen molar-refractivity contribution in [1.29, 1.82) is 0 Å². The van der Waals surface area contributed by atoms with Gasteiger partial charge in [0.05, 0.1) is 6.19 Å². The monoisotopic (exact) mass is 410 g/mol. The molecule has 1 aromatic heterocycles. The van der Waals surface area contributed by atoms with E-state index in [0.717, 1.165) is 16.4 Å². The minimum atomic E-state index is -2.42. The van der Waals surface area contributed by atoms with Crippen LogP contribution in [0.25, 0.3) is 21.5 Å². The Balaban J connectivity index is 1.84. The van der Waals surface area contributed by atoms with Gasteiger partial charge >= 0.3 is 0 Å². The lowest BCUT2D eigenvalue weighted by atomic mass is 10.1. The van der Waals surface area contributed by atoms with Gasteiger partial charge in [0.2, 0.25) is 0 Å². The molecule has 140 valence electrons. The molecule has 1 N–H and O–H groups in total. The van der Waals surface area contributed by atoms with E-state index in [9.17, 15) is 0 Å². The summed E-state index contributed by atoms with van der Waals surface area (Å²) in [5.74, 6) is 0.803. The normalized spacial score (nSPS) is 11.6. The third-order valence-electron chi connectivity index (χ3n) is 5.15. The molecule has 0 saturated carbocycles. The van der Waals surface area contributed by atoms with Gasteiger partial charge in [0.15, 0.2) is 0 Å². The molecule has 0 amide bonds. The molecule has 0 bridgehead atoms. The highest BCUT2D eigenvalue weighted by molar-refractivity contribution is 8.22. The van der Waals surface area contributed by atoms with Crippen molar-refractivity contribution >= 4 is 56.0 Å². The van der Waals surface area contributed by atoms with Crippen molar-refractivity contribution in [3.63, 3.8) is 0 Å². The molecule has 0 atom stereocenters. The fourth-order valence-corrected chi connectivity index (χ4v) is 7.68. The fourth-order valence-electron chi connectivity index (χ4n) is 3.81. The first-order chi connectivity index (χ1) is 14.3. The molecular weight excluding hydrogens is 391 g/mol. The van der Waals surface area contributed by atoms with Crippen molar-refractivity contribution < 1.29 is 0 Å². The first-order valence-electron chi connectivity index (χ1n) is 9.52. The SMILES string of the molecule is S=P(Nc1ccccn1)(c1cccc2ccccc12)c1cccc2ccccc12. The van der Waals surface area contributed by atoms with Gasteiger partial charge in [-0.1, -0.05) is 103 Å². The summed E-state index contributed by atoms with van der Waals surface area (Å²) in [6.07, 6.45) is -0.616. The van der Waals surface area contributed by atoms with Gasteiger partial charge in [-0.25, -0.2) is 4.98 Å². The zero-order valence-electron chi connectivity index (χ0n) is 15.7. The number of hydrogen-bond donors (Lipinski definition) is 1. The second-order valence-electron chi connectivity index (χ2n) is 6.93. The Bertz CT molecular complexity index is 1270. The minimum absolute atomic E-state index is 0.803. The highest BCUT2D eigenvalue weighted by atomic mass is 32.4. The molecule has 0 spiro atoms. The molecule has 5 aromatic rings. The molecule has 0 aliphatic heterocycles. The van der Waals surface area contributed by atoms with Crippen LogP contribution in [-0.2, 0) is 11.8 Å². The zero-order chi connectivity index (χ0) is 19.7. The molecular formula is C25H19N2PS. The van der Waals surface area contributed by atoms with E-state index in [-0.39, 0.29) is 0 Å². The van der Waals surface area contributed by atoms with Crippen molar-refractivity contribution in [2.75, 3.05) is 5.09 Å². The number of anilines is 1. The summed E-state index contributed by atoms with van der Waals surface area (Å²) in [6, 6.07) is 35.6. The summed E-state index contributed by atoms with van der Waals surface area (Å²) in [5.41, 5.74) is 0. The van der Waals surface area contributed by atoms with Crippen LogP contribution in [0.5, 0.6) is 0 Å². The van der Waals surface area contributed by atoms with Crippen LogP contribution in [0.4, 0.5) is 5.82 Å². The molecule has 5 rings (SSSR count). The van der Waals surface area contributed by atoms with Gasteiger partial charge in [0.25, 0.3) is 0 Å². The van der Waals surface area contributed by atoms with E-state index in [1.807, 2.05) is 18.2 Å². The predicted octanol–water partition coefficient (Wildman–Crippen LogP) is 5.85. The predicted molar refractivity (Wildman–Crippen MR) is 129 cm³/mol. The van der Waals surface area contributed by atoms with E-state index in [1.54, 1.807) is 6.20 Å². The van der Waals surface area contributed by atoms with E-state index in [4.69, 9.17) is 11.8 Å². The van der Waals surface area contributed by atoms with Crippen LogP contribution in [0.1, 0.15) is 0 Å². The molecule has 0 unspecified atom stereocenters. The minimum Gasteiger partial charge on any atom is -0.335 e. The number of pyridine rings is 1. The first-order valence-corrected chi connectivity index (χ1v) is 12.3. The second kappa shape index (κ2) is 7.44. The fraction of sp³-hybridized carbons (Fsp3) is 0. The molecule has 0 radical (unpaired) electrons. The van der Waals surface area contributed by atoms with Crippen LogP contribution < -0.4 is 15.7 Å². The standard InChI is InChI=1S/C25H19N2PS/c29-28(27-25-17-5-6-18-26-25,23-15-7-11-19-9-1-3-13-21(19)23)24-16-8-12-20-10-2-4-14-22(20)24/h1-18H,(H,26,27,29). The maximum absolute atomic E-state index is 6.53. The lowest BCUT2D eigenvalue weighted by Crippen LogP contribution is -2.23. The van der Waals surface area contributed by atoms with Crippen molar-refractivity contribution in [2.24, 2.45) is 0 Å². The molecule has 0 saturated heterocycles. The van der Waals surface area contributed by atoms with Crippen molar-refractivity contribution in [2.45, 2.75) is 0 Å². The van der Waals surface area contributed by atoms with E-state index < -0.39 is 6.19 Å². The summed E-state index contributed by atoms with van der Waals surface area (Å²) in [5, 5.41) is 10.8. The average Bonchev–Trinajstić information content (AvgIpc) is 2.79. The quantitative estimate of drug-likeness (QED) is 0.377. The Morgan fingerprint density at radius 3 is 1.66 bits per heavy atom. The Hall–Kier alpha value is -3.00. The van der Waals surface area contributed by atoms with Gasteiger partial charge in [0, 0.05) is 16.8 Å². The van der Waals surface area contributed by atoms with Gasteiger partial charge in [0.1, 0.15) is 5.82 Å². The van der Waals surface area contributed by atoms with Crippen LogP contribution >= 0.6 is 6.19 Å². The van der Waals surface area contributed by atoms with Crippen LogP contribution in [-0.4, -0.2) is 4.98 Å². The molecule has 0 aliphatic rings. The van der Waals surface area contributed by atoms with E-state index in [0.29, 0.717) is 0 Å². The van der Waals surface area contributed by atoms with E-state index >= 15 is 0 Å². The van der Waals surface area contributed by atoms with Crippen LogP contribution in [0.3, 0.4) is 0 Å². The lowest BCUT2D eigenvalue weighted by molar-refractivity contribution is 1.33. The van der Waals surface area contributed by atoms with E-state index in [2.05, 4.69) is 95.0 Å². The van der Waals surface area contributed by atoms with Crippen molar-refractivity contribution in [3.8, 4) is 0 Å². The van der Waals surface area contributed by atoms with Crippen LogP contribution in [0.2, 0.25) is 0 Å². The highest BCUT2D eigenvalue weighted by Crippen LogP contribution is 2.46. The second-order valence-corrected chi connectivity index (χ2v) is 11.0. The van der Waals surface area contributed by atoms with Gasteiger partial charge in [-0.05, 0) is 33.7 Å². The topological polar surface area (TPSA) is 24.9 Å². The smallest absolute Gasteiger partial charge is 0.130 e. The number of nitrogens with one attached hydrogen (secondary N) is 1. The Morgan fingerprint density at radius 2 is 1.10 bits per heavy atom. The third kappa shape index (κ3) is 3.23. The number of hydrogen-bond acceptors (Lipinski definition) is 2. The van der Waals surface area contributed by atoms with Gasteiger partial charge < -0.3 is 5.09 Å². The van der Waals surface area contributed by atoms with Crippen molar-refractivity contribution in [3.05, 3.63) is 109 Å². The Morgan fingerprint density at radius 1 is 0.586 bits per heavy atom. The molecule has 1 heterocycles. The molecule has 29 heavy (non-hydrogen) atoms. The van der Waals surface area contributed by atoms with Gasteiger partial charge in [-0.15, -0.1) is 0 Å². The van der Waals surface area contributed by atoms with Crippen LogP contribution in [0.15, 0.2) is 109 Å². The average molecular weight is 410 g/mol. The maximum atomic E-state index is 6.53. The molecule has 4 aromatic carbocycles. The number of aromatic nitrogens is 1. The molecule has 0 fully saturated rings. The lowest BCUT2D eigenvalue weighted by Gasteiger charge is -2.27. The summed E-state index contributed by atoms with van der Waals surface area (Å²) in [7, 11) is 0. The van der Waals surface area contributed by atoms with Gasteiger partial charge in [-0.2, -0.15) is 0 Å². The zero-order valence-corrected chi connectivity index (χ0v) is 17.4. The number of benzene rings is 4. The number of rotatable bonds is 4. The number of nitrogens with zero attached hydrogens (tertiary/aromatic N) is 1. The Kier molecular flexibility index (Phi) is 4.63. The summed E-state index contributed by atoms with van der Waals surface area (Å²) in [6.45, 7) is 0. The van der Waals surface area contributed by atoms with Gasteiger partial charge in [-0.3, -0.25) is 0 Å². The van der Waals surface area contributed by atoms with Crippen LogP contribution in [0, 0.1) is 0 Å². The highest BCUT2D eigenvalue weighted by Gasteiger charge is 2.26.